The Kier molecular flexibility index (Phi) is 3.41. The molecule has 1 aliphatic rings. The Hall–Kier alpha value is -2.30. The first-order valence-corrected chi connectivity index (χ1v) is 6.76. The Bertz CT molecular complexity index is 594. The number of nitrogens with one attached hydrogen (secondary N) is 2. The van der Waals surface area contributed by atoms with Crippen LogP contribution in [0.1, 0.15) is 28.2 Å². The number of nitrogens with zero attached hydrogens (tertiary/aromatic N) is 1. The van der Waals surface area contributed by atoms with Crippen molar-refractivity contribution in [2.45, 2.75) is 25.8 Å². The number of rotatable bonds is 2. The fraction of sp³-hybridized carbons (Fsp3) is 0.333. The first-order chi connectivity index (χ1) is 9.72. The number of fused-ring (bicyclic) bond motifs is 1. The molecule has 1 aromatic heterocycles. The predicted octanol–water partition coefficient (Wildman–Crippen LogP) is 1.84. The summed E-state index contributed by atoms with van der Waals surface area (Å²) in [4.78, 5) is 12.1. The van der Waals surface area contributed by atoms with Gasteiger partial charge in [0.25, 0.3) is 5.91 Å². The monoisotopic (exact) mass is 271 g/mol. The summed E-state index contributed by atoms with van der Waals surface area (Å²) in [5, 5.41) is 9.71. The van der Waals surface area contributed by atoms with Crippen LogP contribution in [0.25, 0.3) is 0 Å². The minimum Gasteiger partial charge on any atom is -0.491 e. The summed E-state index contributed by atoms with van der Waals surface area (Å²) in [5.41, 5.74) is 2.49. The molecule has 2 N–H and O–H groups in total. The fourth-order valence-corrected chi connectivity index (χ4v) is 2.36. The van der Waals surface area contributed by atoms with Crippen LogP contribution >= 0.6 is 0 Å². The third-order valence-corrected chi connectivity index (χ3v) is 3.45. The Morgan fingerprint density at radius 3 is 3.10 bits per heavy atom. The van der Waals surface area contributed by atoms with Gasteiger partial charge in [0.15, 0.2) is 0 Å². The van der Waals surface area contributed by atoms with Gasteiger partial charge in [0.05, 0.1) is 6.04 Å². The zero-order valence-electron chi connectivity index (χ0n) is 11.3. The number of carbonyl (C=O) groups excluding carboxylic acids is 1. The number of H-pyrrole nitrogens is 1. The second-order valence-corrected chi connectivity index (χ2v) is 5.06. The molecule has 0 fully saturated rings. The van der Waals surface area contributed by atoms with Crippen molar-refractivity contribution in [1.29, 1.82) is 0 Å². The lowest BCUT2D eigenvalue weighted by atomic mass is 10.1. The van der Waals surface area contributed by atoms with Crippen molar-refractivity contribution in [2.75, 3.05) is 6.61 Å². The summed E-state index contributed by atoms with van der Waals surface area (Å²) < 4.78 is 5.76. The van der Waals surface area contributed by atoms with Crippen molar-refractivity contribution >= 4 is 5.91 Å². The number of carbonyl (C=O) groups is 1. The molecule has 20 heavy (non-hydrogen) atoms. The first-order valence-electron chi connectivity index (χ1n) is 6.76. The van der Waals surface area contributed by atoms with E-state index in [0.29, 0.717) is 12.3 Å². The van der Waals surface area contributed by atoms with Crippen LogP contribution in [0.5, 0.6) is 5.75 Å². The molecule has 1 aromatic carbocycles. The van der Waals surface area contributed by atoms with Crippen LogP contribution in [-0.4, -0.2) is 28.8 Å². The number of para-hydroxylation sites is 1. The van der Waals surface area contributed by atoms with Gasteiger partial charge < -0.3 is 10.1 Å². The number of aryl methyl sites for hydroxylation is 2. The van der Waals surface area contributed by atoms with E-state index in [1.54, 1.807) is 6.07 Å². The van der Waals surface area contributed by atoms with E-state index in [4.69, 9.17) is 4.74 Å². The van der Waals surface area contributed by atoms with Crippen molar-refractivity contribution < 1.29 is 9.53 Å². The Morgan fingerprint density at radius 2 is 2.30 bits per heavy atom. The molecular weight excluding hydrogens is 254 g/mol. The molecular formula is C15H17N3O2. The van der Waals surface area contributed by atoms with Crippen LogP contribution in [0.2, 0.25) is 0 Å². The van der Waals surface area contributed by atoms with Gasteiger partial charge in [0.2, 0.25) is 0 Å². The highest BCUT2D eigenvalue weighted by atomic mass is 16.5. The van der Waals surface area contributed by atoms with Crippen LogP contribution in [0.15, 0.2) is 30.3 Å². The lowest BCUT2D eigenvalue weighted by Gasteiger charge is -2.15. The standard InChI is InChI=1S/C15H17N3O2/c1-10-8-13(18-17-10)15(19)16-12-7-6-11-4-2-3-5-14(11)20-9-12/h2-5,8,12H,6-7,9H2,1H3,(H,16,19)(H,17,18). The van der Waals surface area contributed by atoms with E-state index >= 15 is 0 Å². The van der Waals surface area contributed by atoms with Gasteiger partial charge in [-0.15, -0.1) is 0 Å². The number of hydrogen-bond donors (Lipinski definition) is 2. The van der Waals surface area contributed by atoms with E-state index in [1.807, 2.05) is 25.1 Å². The predicted molar refractivity (Wildman–Crippen MR) is 74.8 cm³/mol. The van der Waals surface area contributed by atoms with Crippen molar-refractivity contribution in [1.82, 2.24) is 15.5 Å². The summed E-state index contributed by atoms with van der Waals surface area (Å²) in [6, 6.07) is 9.75. The summed E-state index contributed by atoms with van der Waals surface area (Å²) in [5.74, 6) is 0.758. The van der Waals surface area contributed by atoms with Crippen LogP contribution in [-0.2, 0) is 6.42 Å². The average Bonchev–Trinajstić information content (AvgIpc) is 2.79. The zero-order valence-corrected chi connectivity index (χ0v) is 11.3. The molecule has 1 atom stereocenters. The molecule has 2 aromatic rings. The molecule has 2 heterocycles. The maximum absolute atomic E-state index is 12.1. The number of amides is 1. The van der Waals surface area contributed by atoms with Gasteiger partial charge in [0.1, 0.15) is 18.1 Å². The summed E-state index contributed by atoms with van der Waals surface area (Å²) >= 11 is 0. The van der Waals surface area contributed by atoms with Crippen molar-refractivity contribution in [3.05, 3.63) is 47.3 Å². The highest BCUT2D eigenvalue weighted by Gasteiger charge is 2.20. The largest absolute Gasteiger partial charge is 0.491 e. The molecule has 0 aliphatic carbocycles. The maximum Gasteiger partial charge on any atom is 0.272 e. The van der Waals surface area contributed by atoms with Gasteiger partial charge in [-0.25, -0.2) is 0 Å². The second-order valence-electron chi connectivity index (χ2n) is 5.06. The Labute approximate surface area is 117 Å². The third kappa shape index (κ3) is 2.66. The van der Waals surface area contributed by atoms with E-state index in [9.17, 15) is 4.79 Å². The SMILES string of the molecule is Cc1cc(C(=O)NC2CCc3ccccc3OC2)n[nH]1. The Balaban J connectivity index is 1.64. The molecule has 1 amide bonds. The molecule has 0 radical (unpaired) electrons. The summed E-state index contributed by atoms with van der Waals surface area (Å²) in [6.07, 6.45) is 1.77. The van der Waals surface area contributed by atoms with Crippen molar-refractivity contribution in [3.8, 4) is 5.75 Å². The molecule has 104 valence electrons. The minimum atomic E-state index is -0.158. The number of ether oxygens (including phenoxy) is 1. The molecule has 5 nitrogen and oxygen atoms in total. The minimum absolute atomic E-state index is 0.00639. The maximum atomic E-state index is 12.1. The molecule has 0 bridgehead atoms. The van der Waals surface area contributed by atoms with Gasteiger partial charge in [-0.2, -0.15) is 5.10 Å². The molecule has 0 saturated carbocycles. The molecule has 0 spiro atoms. The lowest BCUT2D eigenvalue weighted by Crippen LogP contribution is -2.38. The summed E-state index contributed by atoms with van der Waals surface area (Å²) in [7, 11) is 0. The van der Waals surface area contributed by atoms with Gasteiger partial charge in [-0.1, -0.05) is 18.2 Å². The van der Waals surface area contributed by atoms with E-state index < -0.39 is 0 Å². The highest BCUT2D eigenvalue weighted by Crippen LogP contribution is 2.23. The number of benzene rings is 1. The molecule has 1 unspecified atom stereocenters. The van der Waals surface area contributed by atoms with E-state index in [-0.39, 0.29) is 11.9 Å². The fourth-order valence-electron chi connectivity index (χ4n) is 2.36. The topological polar surface area (TPSA) is 67.0 Å². The van der Waals surface area contributed by atoms with Gasteiger partial charge in [0, 0.05) is 5.69 Å². The molecule has 1 aliphatic heterocycles. The van der Waals surface area contributed by atoms with E-state index in [2.05, 4.69) is 21.6 Å². The van der Waals surface area contributed by atoms with E-state index in [0.717, 1.165) is 24.3 Å². The zero-order chi connectivity index (χ0) is 13.9. The van der Waals surface area contributed by atoms with Gasteiger partial charge in [-0.3, -0.25) is 9.89 Å². The van der Waals surface area contributed by atoms with Crippen molar-refractivity contribution in [3.63, 3.8) is 0 Å². The molecule has 0 saturated heterocycles. The second kappa shape index (κ2) is 5.36. The van der Waals surface area contributed by atoms with Crippen LogP contribution in [0.4, 0.5) is 0 Å². The lowest BCUT2D eigenvalue weighted by molar-refractivity contribution is 0.0916. The van der Waals surface area contributed by atoms with Crippen LogP contribution in [0.3, 0.4) is 0 Å². The number of aromatic amines is 1. The van der Waals surface area contributed by atoms with E-state index in [1.165, 1.54) is 5.56 Å². The smallest absolute Gasteiger partial charge is 0.272 e. The molecule has 5 heteroatoms. The van der Waals surface area contributed by atoms with Crippen LogP contribution in [0, 0.1) is 6.92 Å². The highest BCUT2D eigenvalue weighted by molar-refractivity contribution is 5.92. The number of hydrogen-bond acceptors (Lipinski definition) is 3. The Morgan fingerprint density at radius 1 is 1.45 bits per heavy atom. The third-order valence-electron chi connectivity index (χ3n) is 3.45. The van der Waals surface area contributed by atoms with Gasteiger partial charge in [-0.05, 0) is 37.5 Å². The first kappa shape index (κ1) is 12.7. The van der Waals surface area contributed by atoms with Crippen LogP contribution < -0.4 is 10.1 Å². The quantitative estimate of drug-likeness (QED) is 0.876. The number of aromatic nitrogens is 2. The van der Waals surface area contributed by atoms with Gasteiger partial charge >= 0.3 is 0 Å². The molecule has 3 rings (SSSR count). The average molecular weight is 271 g/mol. The normalized spacial score (nSPS) is 17.8. The summed E-state index contributed by atoms with van der Waals surface area (Å²) in [6.45, 7) is 2.36. The van der Waals surface area contributed by atoms with Crippen molar-refractivity contribution in [2.24, 2.45) is 0 Å².